The van der Waals surface area contributed by atoms with E-state index in [-0.39, 0.29) is 5.75 Å². The molecule has 6 aromatic rings. The average molecular weight is 565 g/mol. The minimum absolute atomic E-state index is 0.235. The number of rotatable bonds is 8. The summed E-state index contributed by atoms with van der Waals surface area (Å²) in [5.41, 5.74) is 8.34. The smallest absolute Gasteiger partial charge is 0.120 e. The van der Waals surface area contributed by atoms with Gasteiger partial charge in [-0.1, -0.05) is 86.6 Å². The molecule has 0 radical (unpaired) electrons. The van der Waals surface area contributed by atoms with Crippen molar-refractivity contribution in [3.05, 3.63) is 158 Å². The van der Waals surface area contributed by atoms with Gasteiger partial charge in [-0.05, 0) is 83.9 Å². The number of phenolic OH excluding ortho intramolecular Hbond substituents is 1. The molecule has 0 fully saturated rings. The fourth-order valence-electron chi connectivity index (χ4n) is 5.04. The molecule has 6 rings (SSSR count). The number of phenols is 1. The van der Waals surface area contributed by atoms with Crippen molar-refractivity contribution in [2.45, 2.75) is 13.8 Å². The van der Waals surface area contributed by atoms with Gasteiger partial charge in [0, 0.05) is 46.3 Å². The van der Waals surface area contributed by atoms with Crippen molar-refractivity contribution in [3.63, 3.8) is 0 Å². The SMILES string of the molecule is CC.COc1cccc(N(c2ccccc2)c2ccc(-c3ccc(N(c4ccccc4)c4cccc(O)c4)cc3)cc2)c1. The van der Waals surface area contributed by atoms with Crippen LogP contribution in [0.1, 0.15) is 13.8 Å². The average Bonchev–Trinajstić information content (AvgIpc) is 3.08. The lowest BCUT2D eigenvalue weighted by atomic mass is 10.0. The van der Waals surface area contributed by atoms with E-state index < -0.39 is 0 Å². The van der Waals surface area contributed by atoms with Gasteiger partial charge >= 0.3 is 0 Å². The third-order valence-electron chi connectivity index (χ3n) is 7.01. The molecule has 4 heteroatoms. The maximum Gasteiger partial charge on any atom is 0.120 e. The van der Waals surface area contributed by atoms with Crippen LogP contribution in [0.25, 0.3) is 11.1 Å². The molecule has 0 aliphatic heterocycles. The summed E-state index contributed by atoms with van der Waals surface area (Å²) in [6, 6.07) is 53.1. The molecule has 0 heterocycles. The molecule has 0 unspecified atom stereocenters. The summed E-state index contributed by atoms with van der Waals surface area (Å²) in [4.78, 5) is 4.36. The molecule has 43 heavy (non-hydrogen) atoms. The van der Waals surface area contributed by atoms with Crippen molar-refractivity contribution in [3.8, 4) is 22.6 Å². The van der Waals surface area contributed by atoms with Gasteiger partial charge in [0.2, 0.25) is 0 Å². The first-order chi connectivity index (χ1) is 21.2. The van der Waals surface area contributed by atoms with Gasteiger partial charge in [0.1, 0.15) is 11.5 Å². The van der Waals surface area contributed by atoms with Crippen LogP contribution in [0.15, 0.2) is 158 Å². The summed E-state index contributed by atoms with van der Waals surface area (Å²) in [7, 11) is 1.69. The van der Waals surface area contributed by atoms with E-state index in [2.05, 4.69) is 88.7 Å². The molecule has 214 valence electrons. The molecular formula is C39H36N2O2. The second-order valence-corrected chi connectivity index (χ2v) is 9.66. The number of anilines is 6. The van der Waals surface area contributed by atoms with Gasteiger partial charge in [0.15, 0.2) is 0 Å². The summed E-state index contributed by atoms with van der Waals surface area (Å²) in [5, 5.41) is 10.1. The topological polar surface area (TPSA) is 35.9 Å². The minimum Gasteiger partial charge on any atom is -0.508 e. The van der Waals surface area contributed by atoms with Crippen molar-refractivity contribution in [1.29, 1.82) is 0 Å². The Balaban J connectivity index is 0.00000180. The van der Waals surface area contributed by atoms with Gasteiger partial charge in [-0.2, -0.15) is 0 Å². The van der Waals surface area contributed by atoms with E-state index in [1.165, 1.54) is 0 Å². The molecule has 0 saturated carbocycles. The number of methoxy groups -OCH3 is 1. The van der Waals surface area contributed by atoms with Crippen LogP contribution in [-0.2, 0) is 0 Å². The summed E-state index contributed by atoms with van der Waals surface area (Å²) in [6.45, 7) is 4.00. The van der Waals surface area contributed by atoms with Gasteiger partial charge in [0.25, 0.3) is 0 Å². The van der Waals surface area contributed by atoms with Gasteiger partial charge in [-0.3, -0.25) is 0 Å². The fourth-order valence-corrected chi connectivity index (χ4v) is 5.04. The van der Waals surface area contributed by atoms with Crippen LogP contribution in [0.3, 0.4) is 0 Å². The maximum absolute atomic E-state index is 10.1. The molecule has 0 aromatic heterocycles. The Morgan fingerprint density at radius 1 is 0.419 bits per heavy atom. The van der Waals surface area contributed by atoms with E-state index in [9.17, 15) is 5.11 Å². The van der Waals surface area contributed by atoms with Crippen LogP contribution in [-0.4, -0.2) is 12.2 Å². The zero-order valence-electron chi connectivity index (χ0n) is 24.8. The van der Waals surface area contributed by atoms with Crippen molar-refractivity contribution in [2.75, 3.05) is 16.9 Å². The van der Waals surface area contributed by atoms with Crippen LogP contribution < -0.4 is 14.5 Å². The summed E-state index contributed by atoms with van der Waals surface area (Å²) >= 11 is 0. The molecule has 0 saturated heterocycles. The van der Waals surface area contributed by atoms with Gasteiger partial charge in [-0.25, -0.2) is 0 Å². The van der Waals surface area contributed by atoms with Crippen molar-refractivity contribution < 1.29 is 9.84 Å². The van der Waals surface area contributed by atoms with Crippen molar-refractivity contribution in [2.24, 2.45) is 0 Å². The predicted molar refractivity (Wildman–Crippen MR) is 181 cm³/mol. The zero-order chi connectivity index (χ0) is 30.0. The number of hydrogen-bond donors (Lipinski definition) is 1. The normalized spacial score (nSPS) is 10.3. The van der Waals surface area contributed by atoms with Crippen LogP contribution in [0.4, 0.5) is 34.1 Å². The standard InChI is InChI=1S/C37H30N2O2.C2H6/c1-41-37-17-9-15-35(27-37)39(31-12-6-3-7-13-31)33-24-20-29(21-25-33)28-18-22-32(23-19-28)38(30-10-4-2-5-11-30)34-14-8-16-36(40)26-34;1-2/h2-27,40H,1H3;1-2H3. The second kappa shape index (κ2) is 13.9. The molecule has 0 bridgehead atoms. The Labute approximate surface area is 254 Å². The monoisotopic (exact) mass is 564 g/mol. The summed E-state index contributed by atoms with van der Waals surface area (Å²) in [5.74, 6) is 1.05. The Hall–Kier alpha value is -5.48. The van der Waals surface area contributed by atoms with Crippen LogP contribution in [0.2, 0.25) is 0 Å². The third-order valence-corrected chi connectivity index (χ3v) is 7.01. The first-order valence-electron chi connectivity index (χ1n) is 14.5. The van der Waals surface area contributed by atoms with Crippen molar-refractivity contribution in [1.82, 2.24) is 0 Å². The second-order valence-electron chi connectivity index (χ2n) is 9.66. The molecular weight excluding hydrogens is 528 g/mol. The molecule has 0 amide bonds. The number of para-hydroxylation sites is 2. The highest BCUT2D eigenvalue weighted by atomic mass is 16.5. The van der Waals surface area contributed by atoms with Crippen molar-refractivity contribution >= 4 is 34.1 Å². The third kappa shape index (κ3) is 6.71. The predicted octanol–water partition coefficient (Wildman–Crippen LogP) is 11.0. The summed E-state index contributed by atoms with van der Waals surface area (Å²) < 4.78 is 5.50. The highest BCUT2D eigenvalue weighted by molar-refractivity contribution is 5.81. The largest absolute Gasteiger partial charge is 0.508 e. The lowest BCUT2D eigenvalue weighted by molar-refractivity contribution is 0.415. The quantitative estimate of drug-likeness (QED) is 0.199. The number of hydrogen-bond acceptors (Lipinski definition) is 4. The van der Waals surface area contributed by atoms with E-state index in [1.807, 2.05) is 80.6 Å². The lowest BCUT2D eigenvalue weighted by Gasteiger charge is -2.26. The Morgan fingerprint density at radius 2 is 0.814 bits per heavy atom. The number of aromatic hydroxyl groups is 1. The Bertz CT molecular complexity index is 1720. The van der Waals surface area contributed by atoms with E-state index >= 15 is 0 Å². The van der Waals surface area contributed by atoms with Crippen LogP contribution in [0.5, 0.6) is 11.5 Å². The van der Waals surface area contributed by atoms with E-state index in [0.717, 1.165) is 51.0 Å². The summed E-state index contributed by atoms with van der Waals surface area (Å²) in [6.07, 6.45) is 0. The molecule has 4 nitrogen and oxygen atoms in total. The molecule has 0 aliphatic rings. The van der Waals surface area contributed by atoms with E-state index in [0.29, 0.717) is 0 Å². The fraction of sp³-hybridized carbons (Fsp3) is 0.0769. The highest BCUT2D eigenvalue weighted by Crippen LogP contribution is 2.39. The molecule has 0 atom stereocenters. The number of nitrogens with zero attached hydrogens (tertiary/aromatic N) is 2. The molecule has 0 aliphatic carbocycles. The van der Waals surface area contributed by atoms with E-state index in [4.69, 9.17) is 4.74 Å². The first-order valence-corrected chi connectivity index (χ1v) is 14.5. The number of benzene rings is 6. The maximum atomic E-state index is 10.1. The van der Waals surface area contributed by atoms with Gasteiger partial charge < -0.3 is 19.6 Å². The lowest BCUT2D eigenvalue weighted by Crippen LogP contribution is -2.10. The van der Waals surface area contributed by atoms with Crippen LogP contribution in [0, 0.1) is 0 Å². The van der Waals surface area contributed by atoms with Gasteiger partial charge in [0.05, 0.1) is 7.11 Å². The molecule has 1 N–H and O–H groups in total. The zero-order valence-corrected chi connectivity index (χ0v) is 24.8. The highest BCUT2D eigenvalue weighted by Gasteiger charge is 2.15. The van der Waals surface area contributed by atoms with Gasteiger partial charge in [-0.15, -0.1) is 0 Å². The first kappa shape index (κ1) is 29.0. The van der Waals surface area contributed by atoms with Crippen LogP contribution >= 0.6 is 0 Å². The Morgan fingerprint density at radius 3 is 1.26 bits per heavy atom. The Kier molecular flexibility index (Phi) is 9.40. The number of ether oxygens (including phenoxy) is 1. The molecule has 0 spiro atoms. The van der Waals surface area contributed by atoms with E-state index in [1.54, 1.807) is 19.2 Å². The minimum atomic E-state index is 0.235. The molecule has 6 aromatic carbocycles.